The van der Waals surface area contributed by atoms with E-state index >= 15 is 0 Å². The van der Waals surface area contributed by atoms with Crippen LogP contribution in [0.25, 0.3) is 11.0 Å². The third-order valence-corrected chi connectivity index (χ3v) is 5.34. The van der Waals surface area contributed by atoms with Crippen LogP contribution in [0.15, 0.2) is 36.4 Å². The molecule has 9 nitrogen and oxygen atoms in total. The van der Waals surface area contributed by atoms with Crippen LogP contribution in [0.4, 0.5) is 5.95 Å². The molecule has 9 heteroatoms. The molecule has 3 rings (SSSR count). The van der Waals surface area contributed by atoms with Gasteiger partial charge < -0.3 is 24.5 Å². The summed E-state index contributed by atoms with van der Waals surface area (Å²) in [5.41, 5.74) is 1.83. The number of carbonyl (C=O) groups excluding carboxylic acids is 2. The number of H-pyrrole nitrogens is 1. The number of carbonyl (C=O) groups is 2. The molecule has 32 heavy (non-hydrogen) atoms. The largest absolute Gasteiger partial charge is 0.493 e. The van der Waals surface area contributed by atoms with Crippen molar-refractivity contribution in [3.63, 3.8) is 0 Å². The SMILES string of the molecule is CC[C@H](C)[C@@H](NC(=O)c1cc(OC)c(OC)c(OC)c1)C(=O)Nc1nc2ccccc2[nH]1. The number of ether oxygens (including phenoxy) is 3. The number of nitrogens with zero attached hydrogens (tertiary/aromatic N) is 1. The summed E-state index contributed by atoms with van der Waals surface area (Å²) in [6.07, 6.45) is 0.688. The van der Waals surface area contributed by atoms with Gasteiger partial charge in [-0.25, -0.2) is 4.98 Å². The smallest absolute Gasteiger partial charge is 0.252 e. The van der Waals surface area contributed by atoms with Crippen LogP contribution in [0.2, 0.25) is 0 Å². The molecule has 2 aromatic carbocycles. The zero-order valence-electron chi connectivity index (χ0n) is 18.8. The number of hydrogen-bond donors (Lipinski definition) is 3. The van der Waals surface area contributed by atoms with Crippen LogP contribution in [-0.2, 0) is 4.79 Å². The molecule has 1 aromatic heterocycles. The fourth-order valence-electron chi connectivity index (χ4n) is 3.35. The highest BCUT2D eigenvalue weighted by Gasteiger charge is 2.28. The van der Waals surface area contributed by atoms with Crippen LogP contribution in [-0.4, -0.2) is 49.2 Å². The first kappa shape index (κ1) is 22.9. The summed E-state index contributed by atoms with van der Waals surface area (Å²) in [6, 6.07) is 9.78. The van der Waals surface area contributed by atoms with E-state index in [9.17, 15) is 9.59 Å². The Balaban J connectivity index is 1.83. The van der Waals surface area contributed by atoms with Gasteiger partial charge in [-0.3, -0.25) is 14.9 Å². The normalized spacial score (nSPS) is 12.7. The monoisotopic (exact) mass is 440 g/mol. The maximum Gasteiger partial charge on any atom is 0.252 e. The van der Waals surface area contributed by atoms with E-state index in [-0.39, 0.29) is 17.4 Å². The van der Waals surface area contributed by atoms with E-state index in [4.69, 9.17) is 14.2 Å². The maximum absolute atomic E-state index is 13.0. The van der Waals surface area contributed by atoms with Gasteiger partial charge in [-0.05, 0) is 30.2 Å². The van der Waals surface area contributed by atoms with Gasteiger partial charge in [0.1, 0.15) is 6.04 Å². The fraction of sp³-hybridized carbons (Fsp3) is 0.348. The molecule has 170 valence electrons. The van der Waals surface area contributed by atoms with Crippen molar-refractivity contribution >= 4 is 28.8 Å². The molecule has 2 amide bonds. The molecule has 0 aliphatic carbocycles. The van der Waals surface area contributed by atoms with E-state index in [1.165, 1.54) is 21.3 Å². The molecule has 3 N–H and O–H groups in total. The zero-order chi connectivity index (χ0) is 23.3. The number of nitrogens with one attached hydrogen (secondary N) is 3. The summed E-state index contributed by atoms with van der Waals surface area (Å²) >= 11 is 0. The number of amides is 2. The number of benzene rings is 2. The van der Waals surface area contributed by atoms with Gasteiger partial charge in [0.2, 0.25) is 17.6 Å². The summed E-state index contributed by atoms with van der Waals surface area (Å²) in [5, 5.41) is 5.61. The number of imidazole rings is 1. The second-order valence-corrected chi connectivity index (χ2v) is 7.34. The van der Waals surface area contributed by atoms with E-state index in [0.29, 0.717) is 29.6 Å². The number of rotatable bonds is 9. The fourth-order valence-corrected chi connectivity index (χ4v) is 3.35. The predicted molar refractivity (Wildman–Crippen MR) is 122 cm³/mol. The van der Waals surface area contributed by atoms with Gasteiger partial charge in [-0.1, -0.05) is 32.4 Å². The lowest BCUT2D eigenvalue weighted by Crippen LogP contribution is -2.47. The third kappa shape index (κ3) is 4.77. The maximum atomic E-state index is 13.0. The van der Waals surface area contributed by atoms with Gasteiger partial charge in [-0.2, -0.15) is 0 Å². The second-order valence-electron chi connectivity index (χ2n) is 7.34. The lowest BCUT2D eigenvalue weighted by atomic mass is 9.98. The van der Waals surface area contributed by atoms with E-state index in [0.717, 1.165) is 11.0 Å². The van der Waals surface area contributed by atoms with Crippen molar-refractivity contribution < 1.29 is 23.8 Å². The Morgan fingerprint density at radius 2 is 1.72 bits per heavy atom. The minimum Gasteiger partial charge on any atom is -0.493 e. The lowest BCUT2D eigenvalue weighted by Gasteiger charge is -2.23. The third-order valence-electron chi connectivity index (χ3n) is 5.34. The number of anilines is 1. The molecule has 0 aliphatic heterocycles. The van der Waals surface area contributed by atoms with Crippen molar-refractivity contribution in [3.05, 3.63) is 42.0 Å². The number of fused-ring (bicyclic) bond motifs is 1. The Kier molecular flexibility index (Phi) is 7.19. The zero-order valence-corrected chi connectivity index (χ0v) is 18.8. The van der Waals surface area contributed by atoms with Crippen molar-refractivity contribution in [1.29, 1.82) is 0 Å². The van der Waals surface area contributed by atoms with Crippen LogP contribution < -0.4 is 24.8 Å². The Bertz CT molecular complexity index is 1050. The molecule has 3 aromatic rings. The Morgan fingerprint density at radius 3 is 2.28 bits per heavy atom. The number of aromatic nitrogens is 2. The highest BCUT2D eigenvalue weighted by atomic mass is 16.5. The van der Waals surface area contributed by atoms with Crippen molar-refractivity contribution in [3.8, 4) is 17.2 Å². The van der Waals surface area contributed by atoms with Crippen molar-refractivity contribution in [2.45, 2.75) is 26.3 Å². The molecule has 0 saturated heterocycles. The van der Waals surface area contributed by atoms with Crippen LogP contribution >= 0.6 is 0 Å². The van der Waals surface area contributed by atoms with E-state index < -0.39 is 11.9 Å². The van der Waals surface area contributed by atoms with Crippen molar-refractivity contribution in [2.24, 2.45) is 5.92 Å². The van der Waals surface area contributed by atoms with E-state index in [1.54, 1.807) is 12.1 Å². The average Bonchev–Trinajstić information content (AvgIpc) is 3.22. The van der Waals surface area contributed by atoms with Gasteiger partial charge >= 0.3 is 0 Å². The standard InChI is InChI=1S/C23H28N4O5/c1-6-13(2)19(22(29)27-23-24-15-9-7-8-10-16(15)25-23)26-21(28)14-11-17(30-3)20(32-5)18(12-14)31-4/h7-13,19H,6H2,1-5H3,(H,26,28)(H2,24,25,27,29)/t13-,19+/m0/s1. The molecule has 2 atom stereocenters. The van der Waals surface area contributed by atoms with Crippen molar-refractivity contribution in [1.82, 2.24) is 15.3 Å². The highest BCUT2D eigenvalue weighted by Crippen LogP contribution is 2.38. The molecular weight excluding hydrogens is 412 g/mol. The second kappa shape index (κ2) is 10.0. The van der Waals surface area contributed by atoms with Gasteiger partial charge in [0, 0.05) is 5.56 Å². The van der Waals surface area contributed by atoms with Gasteiger partial charge in [0.15, 0.2) is 11.5 Å². The first-order valence-electron chi connectivity index (χ1n) is 10.3. The minimum atomic E-state index is -0.778. The molecule has 0 radical (unpaired) electrons. The summed E-state index contributed by atoms with van der Waals surface area (Å²) in [5.74, 6) is 0.491. The number of methoxy groups -OCH3 is 3. The van der Waals surface area contributed by atoms with E-state index in [2.05, 4.69) is 20.6 Å². The summed E-state index contributed by atoms with van der Waals surface area (Å²) in [6.45, 7) is 3.86. The topological polar surface area (TPSA) is 115 Å². The first-order chi connectivity index (χ1) is 15.4. The highest BCUT2D eigenvalue weighted by molar-refractivity contribution is 6.01. The van der Waals surface area contributed by atoms with Crippen LogP contribution in [0, 0.1) is 5.92 Å². The molecule has 0 bridgehead atoms. The number of para-hydroxylation sites is 2. The number of aromatic amines is 1. The molecule has 1 heterocycles. The molecule has 0 unspecified atom stereocenters. The Labute approximate surface area is 186 Å². The molecule has 0 spiro atoms. The Morgan fingerprint density at radius 1 is 1.06 bits per heavy atom. The van der Waals surface area contributed by atoms with Gasteiger partial charge in [0.25, 0.3) is 5.91 Å². The average molecular weight is 441 g/mol. The summed E-state index contributed by atoms with van der Waals surface area (Å²) < 4.78 is 15.9. The van der Waals surface area contributed by atoms with E-state index in [1.807, 2.05) is 38.1 Å². The van der Waals surface area contributed by atoms with Crippen molar-refractivity contribution in [2.75, 3.05) is 26.6 Å². The lowest BCUT2D eigenvalue weighted by molar-refractivity contribution is -0.119. The van der Waals surface area contributed by atoms with Crippen LogP contribution in [0.1, 0.15) is 30.6 Å². The summed E-state index contributed by atoms with van der Waals surface area (Å²) in [7, 11) is 4.44. The molecule has 0 aliphatic rings. The first-order valence-corrected chi connectivity index (χ1v) is 10.3. The minimum absolute atomic E-state index is 0.120. The predicted octanol–water partition coefficient (Wildman–Crippen LogP) is 3.37. The molecular formula is C23H28N4O5. The Hall–Kier alpha value is -3.75. The number of hydrogen-bond acceptors (Lipinski definition) is 6. The summed E-state index contributed by atoms with van der Waals surface area (Å²) in [4.78, 5) is 33.5. The van der Waals surface area contributed by atoms with Gasteiger partial charge in [-0.15, -0.1) is 0 Å². The van der Waals surface area contributed by atoms with Gasteiger partial charge in [0.05, 0.1) is 32.4 Å². The van der Waals surface area contributed by atoms with Crippen LogP contribution in [0.5, 0.6) is 17.2 Å². The molecule has 0 saturated carbocycles. The quantitative estimate of drug-likeness (QED) is 0.470. The molecule has 0 fully saturated rings. The van der Waals surface area contributed by atoms with Crippen LogP contribution in [0.3, 0.4) is 0 Å².